The van der Waals surface area contributed by atoms with E-state index in [1.807, 2.05) is 6.92 Å². The lowest BCUT2D eigenvalue weighted by molar-refractivity contribution is 0.198. The molecular formula is C9H19NO3S. The van der Waals surface area contributed by atoms with Gasteiger partial charge in [0.2, 0.25) is 0 Å². The number of sulfone groups is 1. The van der Waals surface area contributed by atoms with E-state index in [9.17, 15) is 8.42 Å². The van der Waals surface area contributed by atoms with Gasteiger partial charge in [0.25, 0.3) is 0 Å². The smallest absolute Gasteiger partial charge is 0.150 e. The van der Waals surface area contributed by atoms with Crippen LogP contribution >= 0.6 is 0 Å². The lowest BCUT2D eigenvalue weighted by Crippen LogP contribution is -2.51. The molecular weight excluding hydrogens is 202 g/mol. The Morgan fingerprint density at radius 2 is 1.93 bits per heavy atom. The van der Waals surface area contributed by atoms with Crippen LogP contribution in [-0.4, -0.2) is 43.7 Å². The van der Waals surface area contributed by atoms with Gasteiger partial charge in [-0.3, -0.25) is 0 Å². The Balaban J connectivity index is 2.63. The summed E-state index contributed by atoms with van der Waals surface area (Å²) in [6.45, 7) is 2.94. The van der Waals surface area contributed by atoms with Crippen molar-refractivity contribution in [2.75, 3.05) is 24.7 Å². The van der Waals surface area contributed by atoms with Crippen LogP contribution in [0.2, 0.25) is 0 Å². The van der Waals surface area contributed by atoms with Crippen LogP contribution in [0.1, 0.15) is 26.2 Å². The number of aliphatic hydroxyl groups excluding tert-OH is 1. The van der Waals surface area contributed by atoms with Crippen LogP contribution in [0, 0.1) is 0 Å². The average molecular weight is 221 g/mol. The molecule has 0 aliphatic carbocycles. The zero-order valence-corrected chi connectivity index (χ0v) is 9.44. The molecule has 2 N–H and O–H groups in total. The maximum atomic E-state index is 11.3. The van der Waals surface area contributed by atoms with Gasteiger partial charge < -0.3 is 10.4 Å². The summed E-state index contributed by atoms with van der Waals surface area (Å²) in [5.41, 5.74) is -0.144. The van der Waals surface area contributed by atoms with E-state index >= 15 is 0 Å². The molecule has 0 amide bonds. The van der Waals surface area contributed by atoms with Crippen molar-refractivity contribution in [3.8, 4) is 0 Å². The first kappa shape index (κ1) is 11.9. The predicted molar refractivity (Wildman–Crippen MR) is 56.0 cm³/mol. The summed E-state index contributed by atoms with van der Waals surface area (Å²) in [6.07, 6.45) is 1.91. The van der Waals surface area contributed by atoms with Crippen molar-refractivity contribution in [3.63, 3.8) is 0 Å². The fraction of sp³-hybridized carbons (Fsp3) is 1.00. The number of hydrogen-bond donors (Lipinski definition) is 2. The van der Waals surface area contributed by atoms with Gasteiger partial charge in [-0.25, -0.2) is 8.42 Å². The molecule has 0 spiro atoms. The van der Waals surface area contributed by atoms with Crippen LogP contribution in [0.5, 0.6) is 0 Å². The van der Waals surface area contributed by atoms with Gasteiger partial charge in [0, 0.05) is 12.1 Å². The Hall–Kier alpha value is -0.130. The van der Waals surface area contributed by atoms with Crippen LogP contribution in [0.25, 0.3) is 0 Å². The summed E-state index contributed by atoms with van der Waals surface area (Å²) in [6, 6.07) is 0. The minimum absolute atomic E-state index is 0.118. The molecule has 1 rings (SSSR count). The molecule has 0 aromatic heterocycles. The van der Waals surface area contributed by atoms with Crippen LogP contribution in [-0.2, 0) is 9.84 Å². The molecule has 0 aromatic rings. The maximum absolute atomic E-state index is 11.3. The summed E-state index contributed by atoms with van der Waals surface area (Å²) in [4.78, 5) is 0. The van der Waals surface area contributed by atoms with Crippen molar-refractivity contribution in [3.05, 3.63) is 0 Å². The SMILES string of the molecule is CCNC1(CCO)CCS(=O)(=O)CC1. The van der Waals surface area contributed by atoms with Gasteiger partial charge in [-0.05, 0) is 25.8 Å². The standard InChI is InChI=1S/C9H19NO3S/c1-2-10-9(3-6-11)4-7-14(12,13)8-5-9/h10-11H,2-8H2,1H3. The summed E-state index contributed by atoms with van der Waals surface area (Å²) in [5, 5.41) is 12.3. The topological polar surface area (TPSA) is 66.4 Å². The van der Waals surface area contributed by atoms with Gasteiger partial charge in [0.05, 0.1) is 11.5 Å². The molecule has 1 aliphatic rings. The molecule has 0 atom stereocenters. The van der Waals surface area contributed by atoms with Crippen molar-refractivity contribution in [1.29, 1.82) is 0 Å². The zero-order chi connectivity index (χ0) is 10.7. The second-order valence-corrected chi connectivity index (χ2v) is 6.24. The first-order chi connectivity index (χ1) is 6.54. The molecule has 0 aromatic carbocycles. The number of rotatable bonds is 4. The highest BCUT2D eigenvalue weighted by atomic mass is 32.2. The van der Waals surface area contributed by atoms with E-state index in [1.165, 1.54) is 0 Å². The summed E-state index contributed by atoms with van der Waals surface area (Å²) in [7, 11) is -2.81. The molecule has 1 fully saturated rings. The molecule has 1 aliphatic heterocycles. The van der Waals surface area contributed by atoms with E-state index in [0.29, 0.717) is 19.3 Å². The molecule has 5 heteroatoms. The van der Waals surface area contributed by atoms with E-state index in [0.717, 1.165) is 6.54 Å². The molecule has 1 saturated heterocycles. The van der Waals surface area contributed by atoms with Crippen LogP contribution in [0.15, 0.2) is 0 Å². The van der Waals surface area contributed by atoms with Crippen molar-refractivity contribution in [1.82, 2.24) is 5.32 Å². The number of nitrogens with one attached hydrogen (secondary N) is 1. The fourth-order valence-electron chi connectivity index (χ4n) is 2.03. The van der Waals surface area contributed by atoms with Gasteiger partial charge in [0.15, 0.2) is 0 Å². The quantitative estimate of drug-likeness (QED) is 0.697. The minimum Gasteiger partial charge on any atom is -0.396 e. The van der Waals surface area contributed by atoms with Gasteiger partial charge in [-0.15, -0.1) is 0 Å². The summed E-state index contributed by atoms with van der Waals surface area (Å²) in [5.74, 6) is 0.500. The molecule has 84 valence electrons. The second kappa shape index (κ2) is 4.59. The van der Waals surface area contributed by atoms with E-state index < -0.39 is 9.84 Å². The minimum atomic E-state index is -2.81. The molecule has 4 nitrogen and oxygen atoms in total. The van der Waals surface area contributed by atoms with Gasteiger partial charge >= 0.3 is 0 Å². The van der Waals surface area contributed by atoms with Crippen LogP contribution in [0.4, 0.5) is 0 Å². The van der Waals surface area contributed by atoms with Crippen molar-refractivity contribution >= 4 is 9.84 Å². The van der Waals surface area contributed by atoms with Crippen molar-refractivity contribution in [2.45, 2.75) is 31.7 Å². The first-order valence-electron chi connectivity index (χ1n) is 5.10. The summed E-state index contributed by atoms with van der Waals surface area (Å²) < 4.78 is 22.5. The largest absolute Gasteiger partial charge is 0.396 e. The fourth-order valence-corrected chi connectivity index (χ4v) is 3.64. The Bertz CT molecular complexity index is 252. The van der Waals surface area contributed by atoms with Gasteiger partial charge in [-0.1, -0.05) is 6.92 Å². The lowest BCUT2D eigenvalue weighted by Gasteiger charge is -2.37. The van der Waals surface area contributed by atoms with Crippen LogP contribution in [0.3, 0.4) is 0 Å². The van der Waals surface area contributed by atoms with Gasteiger partial charge in [0.1, 0.15) is 9.84 Å². The third-order valence-electron chi connectivity index (χ3n) is 2.93. The van der Waals surface area contributed by atoms with E-state index in [-0.39, 0.29) is 23.7 Å². The maximum Gasteiger partial charge on any atom is 0.150 e. The van der Waals surface area contributed by atoms with E-state index in [1.54, 1.807) is 0 Å². The van der Waals surface area contributed by atoms with E-state index in [2.05, 4.69) is 5.32 Å². The Morgan fingerprint density at radius 3 is 2.36 bits per heavy atom. The normalized spacial score (nSPS) is 24.7. The average Bonchev–Trinajstić information content (AvgIpc) is 2.12. The Morgan fingerprint density at radius 1 is 1.36 bits per heavy atom. The molecule has 1 heterocycles. The molecule has 0 radical (unpaired) electrons. The van der Waals surface area contributed by atoms with E-state index in [4.69, 9.17) is 5.11 Å². The third kappa shape index (κ3) is 2.93. The van der Waals surface area contributed by atoms with Gasteiger partial charge in [-0.2, -0.15) is 0 Å². The van der Waals surface area contributed by atoms with Crippen LogP contribution < -0.4 is 5.32 Å². The highest BCUT2D eigenvalue weighted by molar-refractivity contribution is 7.91. The Kier molecular flexibility index (Phi) is 3.92. The predicted octanol–water partition coefficient (Wildman–Crippen LogP) is -0.0743. The Labute approximate surface area is 85.6 Å². The summed E-state index contributed by atoms with van der Waals surface area (Å²) >= 11 is 0. The number of hydrogen-bond acceptors (Lipinski definition) is 4. The first-order valence-corrected chi connectivity index (χ1v) is 6.92. The molecule has 0 saturated carbocycles. The third-order valence-corrected chi connectivity index (χ3v) is 4.58. The zero-order valence-electron chi connectivity index (χ0n) is 8.62. The number of aliphatic hydroxyl groups is 1. The second-order valence-electron chi connectivity index (χ2n) is 3.94. The molecule has 0 bridgehead atoms. The van der Waals surface area contributed by atoms with Crippen molar-refractivity contribution < 1.29 is 13.5 Å². The monoisotopic (exact) mass is 221 g/mol. The highest BCUT2D eigenvalue weighted by Crippen LogP contribution is 2.26. The lowest BCUT2D eigenvalue weighted by atomic mass is 9.89. The molecule has 14 heavy (non-hydrogen) atoms. The molecule has 0 unspecified atom stereocenters. The van der Waals surface area contributed by atoms with Crippen molar-refractivity contribution in [2.24, 2.45) is 0 Å². The highest BCUT2D eigenvalue weighted by Gasteiger charge is 2.35.